The Morgan fingerprint density at radius 1 is 1.30 bits per heavy atom. The molecule has 1 aliphatic rings. The number of nitrogens with one attached hydrogen (secondary N) is 1. The third-order valence-corrected chi connectivity index (χ3v) is 7.43. The van der Waals surface area contributed by atoms with Crippen molar-refractivity contribution in [3.63, 3.8) is 0 Å². The van der Waals surface area contributed by atoms with Crippen molar-refractivity contribution in [2.24, 2.45) is 5.41 Å². The number of carbonyl (C=O) groups is 2. The number of furan rings is 1. The Labute approximate surface area is 216 Å². The van der Waals surface area contributed by atoms with Crippen molar-refractivity contribution in [1.29, 1.82) is 0 Å². The van der Waals surface area contributed by atoms with Crippen LogP contribution in [0.15, 0.2) is 34.7 Å². The zero-order chi connectivity index (χ0) is 26.9. The molecule has 9 nitrogen and oxygen atoms in total. The lowest BCUT2D eigenvalue weighted by atomic mass is 9.88. The molecule has 0 aliphatic heterocycles. The summed E-state index contributed by atoms with van der Waals surface area (Å²) in [6.45, 7) is 3.34. The van der Waals surface area contributed by atoms with Gasteiger partial charge < -0.3 is 19.4 Å². The van der Waals surface area contributed by atoms with E-state index < -0.39 is 28.5 Å². The third kappa shape index (κ3) is 5.89. The van der Waals surface area contributed by atoms with E-state index >= 15 is 0 Å². The first-order chi connectivity index (χ1) is 17.5. The van der Waals surface area contributed by atoms with Gasteiger partial charge >= 0.3 is 5.97 Å². The van der Waals surface area contributed by atoms with Crippen molar-refractivity contribution in [2.45, 2.75) is 52.0 Å². The standard InChI is InChI=1S/C26H30FN3O6S/c1-26(2,25(32)33)11-4-12-30(37(34)35)14-20-18(15-5-6-15)13-19-21(23(31)28-3)22(36-24(19)29-20)16-7-9-17(27)10-8-16/h7-10,13,15H,4-6,11-12,14H2,1-3H3,(H,28,31)(H,32,33)(H,34,35)/p-1. The van der Waals surface area contributed by atoms with Gasteiger partial charge in [0, 0.05) is 30.4 Å². The van der Waals surface area contributed by atoms with Gasteiger partial charge in [-0.05, 0) is 81.3 Å². The lowest BCUT2D eigenvalue weighted by Gasteiger charge is -2.26. The van der Waals surface area contributed by atoms with E-state index in [4.69, 9.17) is 4.42 Å². The maximum Gasteiger partial charge on any atom is 0.309 e. The molecular formula is C26H29FN3O6S-. The zero-order valence-electron chi connectivity index (χ0n) is 20.9. The highest BCUT2D eigenvalue weighted by Crippen LogP contribution is 2.44. The molecule has 37 heavy (non-hydrogen) atoms. The van der Waals surface area contributed by atoms with Gasteiger partial charge in [-0.15, -0.1) is 0 Å². The minimum Gasteiger partial charge on any atom is -0.760 e. The summed E-state index contributed by atoms with van der Waals surface area (Å²) in [5.74, 6) is -1.29. The van der Waals surface area contributed by atoms with E-state index in [2.05, 4.69) is 10.3 Å². The Bertz CT molecular complexity index is 1350. The molecule has 2 aromatic heterocycles. The lowest BCUT2D eigenvalue weighted by molar-refractivity contribution is -0.147. The molecular weight excluding hydrogens is 501 g/mol. The summed E-state index contributed by atoms with van der Waals surface area (Å²) in [6, 6.07) is 7.43. The fourth-order valence-electron chi connectivity index (χ4n) is 4.28. The van der Waals surface area contributed by atoms with Gasteiger partial charge in [-0.1, -0.05) is 0 Å². The van der Waals surface area contributed by atoms with Gasteiger partial charge in [-0.3, -0.25) is 13.8 Å². The molecule has 3 aromatic rings. The normalized spacial score (nSPS) is 14.8. The predicted octanol–water partition coefficient (Wildman–Crippen LogP) is 4.36. The van der Waals surface area contributed by atoms with Gasteiger partial charge in [0.25, 0.3) is 5.91 Å². The number of carboxylic acids is 1. The van der Waals surface area contributed by atoms with Crippen molar-refractivity contribution in [3.8, 4) is 11.3 Å². The van der Waals surface area contributed by atoms with E-state index in [-0.39, 0.29) is 42.0 Å². The number of pyridine rings is 1. The Hall–Kier alpha value is -3.15. The minimum absolute atomic E-state index is 0.00667. The highest BCUT2D eigenvalue weighted by atomic mass is 32.2. The number of hydrogen-bond acceptors (Lipinski definition) is 6. The van der Waals surface area contributed by atoms with Crippen molar-refractivity contribution in [2.75, 3.05) is 13.6 Å². The largest absolute Gasteiger partial charge is 0.760 e. The molecule has 2 heterocycles. The molecule has 1 fully saturated rings. The van der Waals surface area contributed by atoms with Crippen molar-refractivity contribution < 1.29 is 32.3 Å². The van der Waals surface area contributed by atoms with Crippen molar-refractivity contribution in [3.05, 3.63) is 53.0 Å². The molecule has 1 aliphatic carbocycles. The molecule has 1 saturated carbocycles. The van der Waals surface area contributed by atoms with Crippen LogP contribution in [-0.2, 0) is 22.6 Å². The van der Waals surface area contributed by atoms with Gasteiger partial charge in [0.2, 0.25) is 5.71 Å². The summed E-state index contributed by atoms with van der Waals surface area (Å²) in [6.07, 6.45) is 2.52. The molecule has 2 N–H and O–H groups in total. The Kier molecular flexibility index (Phi) is 7.77. The number of carbonyl (C=O) groups excluding carboxylic acids is 1. The summed E-state index contributed by atoms with van der Waals surface area (Å²) in [4.78, 5) is 28.9. The molecule has 1 amide bonds. The molecule has 0 radical (unpaired) electrons. The first-order valence-corrected chi connectivity index (χ1v) is 13.1. The van der Waals surface area contributed by atoms with Gasteiger partial charge in [0.05, 0.1) is 28.6 Å². The fourth-order valence-corrected chi connectivity index (χ4v) is 4.79. The SMILES string of the molecule is CNC(=O)c1c(-c2ccc(F)cc2)oc2nc(CN(CCCC(C)(C)C(=O)O)S(=O)[O-])c(C3CC3)cc12. The van der Waals surface area contributed by atoms with Gasteiger partial charge in [-0.25, -0.2) is 13.7 Å². The second kappa shape index (κ2) is 10.7. The van der Waals surface area contributed by atoms with Crippen LogP contribution >= 0.6 is 0 Å². The van der Waals surface area contributed by atoms with E-state index in [1.165, 1.54) is 35.6 Å². The van der Waals surface area contributed by atoms with Crippen LogP contribution in [-0.4, -0.2) is 48.6 Å². The van der Waals surface area contributed by atoms with Crippen LogP contribution in [0.2, 0.25) is 0 Å². The van der Waals surface area contributed by atoms with Crippen LogP contribution in [0.4, 0.5) is 4.39 Å². The number of rotatable bonds is 11. The summed E-state index contributed by atoms with van der Waals surface area (Å²) in [7, 11) is 1.51. The zero-order valence-corrected chi connectivity index (χ0v) is 21.7. The number of halogens is 1. The summed E-state index contributed by atoms with van der Waals surface area (Å²) < 4.78 is 44.8. The number of hydrogen-bond donors (Lipinski definition) is 2. The van der Waals surface area contributed by atoms with E-state index in [0.29, 0.717) is 29.5 Å². The Morgan fingerprint density at radius 2 is 1.97 bits per heavy atom. The van der Waals surface area contributed by atoms with E-state index in [0.717, 1.165) is 18.4 Å². The quantitative estimate of drug-likeness (QED) is 0.352. The number of aromatic nitrogens is 1. The molecule has 1 aromatic carbocycles. The molecule has 0 saturated heterocycles. The fraction of sp³-hybridized carbons (Fsp3) is 0.423. The predicted molar refractivity (Wildman–Crippen MR) is 135 cm³/mol. The molecule has 0 bridgehead atoms. The maximum atomic E-state index is 13.5. The smallest absolute Gasteiger partial charge is 0.309 e. The highest BCUT2D eigenvalue weighted by molar-refractivity contribution is 7.76. The van der Waals surface area contributed by atoms with Crippen LogP contribution in [0, 0.1) is 11.2 Å². The topological polar surface area (TPSA) is 136 Å². The van der Waals surface area contributed by atoms with E-state index in [1.54, 1.807) is 13.8 Å². The minimum atomic E-state index is -2.55. The van der Waals surface area contributed by atoms with Gasteiger partial charge in [-0.2, -0.15) is 0 Å². The average Bonchev–Trinajstić information content (AvgIpc) is 3.63. The molecule has 11 heteroatoms. The van der Waals surface area contributed by atoms with Crippen LogP contribution < -0.4 is 5.32 Å². The number of carboxylic acid groups (broad SMARTS) is 1. The van der Waals surface area contributed by atoms with E-state index in [9.17, 15) is 27.8 Å². The number of benzene rings is 1. The summed E-state index contributed by atoms with van der Waals surface area (Å²) >= 11 is -2.55. The summed E-state index contributed by atoms with van der Waals surface area (Å²) in [5.41, 5.74) is 1.39. The third-order valence-electron chi connectivity index (χ3n) is 6.70. The first kappa shape index (κ1) is 26.9. The van der Waals surface area contributed by atoms with Crippen LogP contribution in [0.5, 0.6) is 0 Å². The van der Waals surface area contributed by atoms with Crippen LogP contribution in [0.3, 0.4) is 0 Å². The van der Waals surface area contributed by atoms with Crippen molar-refractivity contribution >= 4 is 34.2 Å². The van der Waals surface area contributed by atoms with E-state index in [1.807, 2.05) is 6.07 Å². The first-order valence-electron chi connectivity index (χ1n) is 12.0. The summed E-state index contributed by atoms with van der Waals surface area (Å²) in [5, 5.41) is 12.5. The van der Waals surface area contributed by atoms with Gasteiger partial charge in [0.1, 0.15) is 11.6 Å². The Morgan fingerprint density at radius 3 is 2.54 bits per heavy atom. The highest BCUT2D eigenvalue weighted by Gasteiger charge is 2.31. The second-order valence-electron chi connectivity index (χ2n) is 9.92. The van der Waals surface area contributed by atoms with Gasteiger partial charge in [0.15, 0.2) is 0 Å². The monoisotopic (exact) mass is 530 g/mol. The Balaban J connectivity index is 1.71. The number of nitrogens with zero attached hydrogens (tertiary/aromatic N) is 2. The maximum absolute atomic E-state index is 13.5. The van der Waals surface area contributed by atoms with Crippen LogP contribution in [0.25, 0.3) is 22.4 Å². The van der Waals surface area contributed by atoms with Crippen LogP contribution in [0.1, 0.15) is 67.1 Å². The second-order valence-corrected chi connectivity index (χ2v) is 10.9. The van der Waals surface area contributed by atoms with Crippen molar-refractivity contribution in [1.82, 2.24) is 14.6 Å². The molecule has 198 valence electrons. The average molecular weight is 531 g/mol. The number of aliphatic carboxylic acids is 1. The number of fused-ring (bicyclic) bond motifs is 1. The molecule has 4 rings (SSSR count). The molecule has 1 atom stereocenters. The molecule has 0 spiro atoms. The number of amides is 1. The molecule has 1 unspecified atom stereocenters. The lowest BCUT2D eigenvalue weighted by Crippen LogP contribution is -2.30.